The molecule has 0 heterocycles. The van der Waals surface area contributed by atoms with E-state index in [0.29, 0.717) is 24.7 Å². The van der Waals surface area contributed by atoms with Crippen LogP contribution in [-0.2, 0) is 11.3 Å². The van der Waals surface area contributed by atoms with Crippen molar-refractivity contribution in [2.24, 2.45) is 0 Å². The first-order chi connectivity index (χ1) is 12.0. The summed E-state index contributed by atoms with van der Waals surface area (Å²) in [6.07, 6.45) is 1.71. The molecule has 0 bridgehead atoms. The molecule has 2 aromatic carbocycles. The molecule has 0 atom stereocenters. The summed E-state index contributed by atoms with van der Waals surface area (Å²) < 4.78 is 5.46. The molecule has 0 unspecified atom stereocenters. The number of rotatable bonds is 8. The van der Waals surface area contributed by atoms with Crippen molar-refractivity contribution in [3.8, 4) is 5.75 Å². The third-order valence-electron chi connectivity index (χ3n) is 3.63. The molecule has 0 spiro atoms. The van der Waals surface area contributed by atoms with Crippen LogP contribution in [0.25, 0.3) is 0 Å². The summed E-state index contributed by atoms with van der Waals surface area (Å²) in [4.78, 5) is 14.2. The molecular formula is C20H23ClN2O2. The molecule has 5 heteroatoms. The SMILES string of the molecule is C=CCOc1ccc(CN(C)CC(=O)Nc2cc(Cl)ccc2C)cc1. The quantitative estimate of drug-likeness (QED) is 0.716. The van der Waals surface area contributed by atoms with E-state index in [4.69, 9.17) is 16.3 Å². The lowest BCUT2D eigenvalue weighted by molar-refractivity contribution is -0.117. The standard InChI is InChI=1S/C20H23ClN2O2/c1-4-11-25-18-9-6-16(7-10-18)13-23(3)14-20(24)22-19-12-17(21)8-5-15(19)2/h4-10,12H,1,11,13-14H2,2-3H3,(H,22,24). The Morgan fingerprint density at radius 2 is 2.00 bits per heavy atom. The van der Waals surface area contributed by atoms with Crippen LogP contribution in [0.4, 0.5) is 5.69 Å². The van der Waals surface area contributed by atoms with Crippen molar-refractivity contribution in [1.29, 1.82) is 0 Å². The van der Waals surface area contributed by atoms with Crippen molar-refractivity contribution in [1.82, 2.24) is 4.90 Å². The molecule has 0 aliphatic rings. The topological polar surface area (TPSA) is 41.6 Å². The van der Waals surface area contributed by atoms with Gasteiger partial charge in [-0.3, -0.25) is 9.69 Å². The minimum Gasteiger partial charge on any atom is -0.490 e. The Kier molecular flexibility index (Phi) is 7.04. The second kappa shape index (κ2) is 9.25. The summed E-state index contributed by atoms with van der Waals surface area (Å²) in [5.41, 5.74) is 2.84. The van der Waals surface area contributed by atoms with Gasteiger partial charge in [0.2, 0.25) is 5.91 Å². The number of amides is 1. The summed E-state index contributed by atoms with van der Waals surface area (Å²) in [6, 6.07) is 13.3. The number of nitrogens with zero attached hydrogens (tertiary/aromatic N) is 1. The first-order valence-electron chi connectivity index (χ1n) is 8.05. The molecule has 4 nitrogen and oxygen atoms in total. The molecular weight excluding hydrogens is 336 g/mol. The van der Waals surface area contributed by atoms with E-state index in [9.17, 15) is 4.79 Å². The van der Waals surface area contributed by atoms with E-state index >= 15 is 0 Å². The van der Waals surface area contributed by atoms with Gasteiger partial charge in [0.25, 0.3) is 0 Å². The summed E-state index contributed by atoms with van der Waals surface area (Å²) in [5, 5.41) is 3.51. The van der Waals surface area contributed by atoms with Crippen molar-refractivity contribution in [2.75, 3.05) is 25.5 Å². The van der Waals surface area contributed by atoms with Gasteiger partial charge < -0.3 is 10.1 Å². The Labute approximate surface area is 154 Å². The number of likely N-dealkylation sites (N-methyl/N-ethyl adjacent to an activating group) is 1. The number of ether oxygens (including phenoxy) is 1. The molecule has 1 N–H and O–H groups in total. The number of anilines is 1. The molecule has 1 amide bonds. The van der Waals surface area contributed by atoms with Crippen LogP contribution in [0.5, 0.6) is 5.75 Å². The van der Waals surface area contributed by atoms with Crippen molar-refractivity contribution in [3.05, 3.63) is 71.3 Å². The van der Waals surface area contributed by atoms with Crippen LogP contribution in [0.1, 0.15) is 11.1 Å². The van der Waals surface area contributed by atoms with E-state index in [1.54, 1.807) is 18.2 Å². The summed E-state index contributed by atoms with van der Waals surface area (Å²) in [5.74, 6) is 0.735. The highest BCUT2D eigenvalue weighted by atomic mass is 35.5. The molecule has 25 heavy (non-hydrogen) atoms. The summed E-state index contributed by atoms with van der Waals surface area (Å²) >= 11 is 5.98. The minimum absolute atomic E-state index is 0.0706. The van der Waals surface area contributed by atoms with E-state index in [1.807, 2.05) is 49.2 Å². The molecule has 0 fully saturated rings. The number of carbonyl (C=O) groups is 1. The van der Waals surface area contributed by atoms with Gasteiger partial charge in [-0.05, 0) is 49.4 Å². The van der Waals surface area contributed by atoms with Gasteiger partial charge in [0.05, 0.1) is 6.54 Å². The largest absolute Gasteiger partial charge is 0.490 e. The van der Waals surface area contributed by atoms with Crippen molar-refractivity contribution in [3.63, 3.8) is 0 Å². The molecule has 0 saturated carbocycles. The average Bonchev–Trinajstić information content (AvgIpc) is 2.57. The maximum Gasteiger partial charge on any atom is 0.238 e. The Morgan fingerprint density at radius 1 is 1.28 bits per heavy atom. The third-order valence-corrected chi connectivity index (χ3v) is 3.87. The average molecular weight is 359 g/mol. The lowest BCUT2D eigenvalue weighted by Crippen LogP contribution is -2.30. The number of hydrogen-bond acceptors (Lipinski definition) is 3. The van der Waals surface area contributed by atoms with E-state index in [2.05, 4.69) is 11.9 Å². The molecule has 0 saturated heterocycles. The number of carbonyl (C=O) groups excluding carboxylic acids is 1. The highest BCUT2D eigenvalue weighted by Gasteiger charge is 2.09. The minimum atomic E-state index is -0.0706. The number of hydrogen-bond donors (Lipinski definition) is 1. The van der Waals surface area contributed by atoms with Crippen LogP contribution < -0.4 is 10.1 Å². The van der Waals surface area contributed by atoms with Crippen molar-refractivity contribution in [2.45, 2.75) is 13.5 Å². The predicted molar refractivity (Wildman–Crippen MR) is 103 cm³/mol. The van der Waals surface area contributed by atoms with Crippen LogP contribution in [0.2, 0.25) is 5.02 Å². The first-order valence-corrected chi connectivity index (χ1v) is 8.43. The number of benzene rings is 2. The monoisotopic (exact) mass is 358 g/mol. The van der Waals surface area contributed by atoms with Crippen molar-refractivity contribution >= 4 is 23.2 Å². The normalized spacial score (nSPS) is 10.6. The lowest BCUT2D eigenvalue weighted by Gasteiger charge is -2.17. The summed E-state index contributed by atoms with van der Waals surface area (Å²) in [7, 11) is 1.91. The maximum absolute atomic E-state index is 12.2. The number of halogens is 1. The first kappa shape index (κ1) is 19.0. The fourth-order valence-corrected chi connectivity index (χ4v) is 2.55. The van der Waals surface area contributed by atoms with E-state index in [1.165, 1.54) is 0 Å². The van der Waals surface area contributed by atoms with Crippen molar-refractivity contribution < 1.29 is 9.53 Å². The highest BCUT2D eigenvalue weighted by molar-refractivity contribution is 6.31. The van der Waals surface area contributed by atoms with Gasteiger partial charge >= 0.3 is 0 Å². The molecule has 2 rings (SSSR count). The van der Waals surface area contributed by atoms with Crippen LogP contribution in [0.3, 0.4) is 0 Å². The molecule has 0 aromatic heterocycles. The molecule has 2 aromatic rings. The zero-order valence-electron chi connectivity index (χ0n) is 14.6. The zero-order valence-corrected chi connectivity index (χ0v) is 15.3. The fourth-order valence-electron chi connectivity index (χ4n) is 2.38. The van der Waals surface area contributed by atoms with Crippen LogP contribution in [0.15, 0.2) is 55.1 Å². The third kappa shape index (κ3) is 6.25. The molecule has 0 aliphatic carbocycles. The Bertz CT molecular complexity index is 729. The second-order valence-corrected chi connectivity index (χ2v) is 6.36. The molecule has 132 valence electrons. The van der Waals surface area contributed by atoms with E-state index in [-0.39, 0.29) is 5.91 Å². The zero-order chi connectivity index (χ0) is 18.2. The second-order valence-electron chi connectivity index (χ2n) is 5.92. The predicted octanol–water partition coefficient (Wildman–Crippen LogP) is 4.28. The lowest BCUT2D eigenvalue weighted by atomic mass is 10.2. The Balaban J connectivity index is 1.86. The summed E-state index contributed by atoms with van der Waals surface area (Å²) in [6.45, 7) is 7.01. The molecule has 0 radical (unpaired) electrons. The van der Waals surface area contributed by atoms with Gasteiger partial charge in [0.1, 0.15) is 12.4 Å². The van der Waals surface area contributed by atoms with Gasteiger partial charge in [-0.1, -0.05) is 42.5 Å². The smallest absolute Gasteiger partial charge is 0.238 e. The van der Waals surface area contributed by atoms with Gasteiger partial charge in [0, 0.05) is 17.3 Å². The fraction of sp³-hybridized carbons (Fsp3) is 0.250. The Morgan fingerprint density at radius 3 is 2.68 bits per heavy atom. The maximum atomic E-state index is 12.2. The van der Waals surface area contributed by atoms with Gasteiger partial charge in [-0.25, -0.2) is 0 Å². The van der Waals surface area contributed by atoms with E-state index in [0.717, 1.165) is 22.6 Å². The van der Waals surface area contributed by atoms with Gasteiger partial charge in [0.15, 0.2) is 0 Å². The van der Waals surface area contributed by atoms with Gasteiger partial charge in [-0.15, -0.1) is 0 Å². The highest BCUT2D eigenvalue weighted by Crippen LogP contribution is 2.20. The number of aryl methyl sites for hydroxylation is 1. The van der Waals surface area contributed by atoms with Crippen LogP contribution in [-0.4, -0.2) is 31.0 Å². The van der Waals surface area contributed by atoms with Crippen LogP contribution in [0, 0.1) is 6.92 Å². The van der Waals surface area contributed by atoms with E-state index < -0.39 is 0 Å². The number of nitrogens with one attached hydrogen (secondary N) is 1. The molecule has 0 aliphatic heterocycles. The van der Waals surface area contributed by atoms with Gasteiger partial charge in [-0.2, -0.15) is 0 Å². The Hall–Kier alpha value is -2.30. The van der Waals surface area contributed by atoms with Crippen LogP contribution >= 0.6 is 11.6 Å².